The molecular formula is C20H24O6. The number of methoxy groups -OCH3 is 2. The van der Waals surface area contributed by atoms with Crippen LogP contribution in [0.15, 0.2) is 30.3 Å². The number of aliphatic carboxylic acids is 1. The zero-order valence-electron chi connectivity index (χ0n) is 15.3. The molecule has 6 heteroatoms. The first-order valence-corrected chi connectivity index (χ1v) is 8.35. The van der Waals surface area contributed by atoms with Gasteiger partial charge in [-0.25, -0.2) is 4.79 Å². The van der Waals surface area contributed by atoms with Gasteiger partial charge in [0.1, 0.15) is 6.61 Å². The minimum absolute atomic E-state index is 0.0814. The number of hydrogen-bond acceptors (Lipinski definition) is 5. The first kappa shape index (κ1) is 19.8. The Balaban J connectivity index is 2.68. The molecule has 0 unspecified atom stereocenters. The van der Waals surface area contributed by atoms with Crippen LogP contribution in [0.25, 0.3) is 16.8 Å². The lowest BCUT2D eigenvalue weighted by atomic mass is 9.96. The number of carbonyl (C=O) groups is 1. The molecule has 0 heterocycles. The lowest BCUT2D eigenvalue weighted by Crippen LogP contribution is -2.08. The second-order valence-corrected chi connectivity index (χ2v) is 5.55. The molecule has 2 rings (SSSR count). The second-order valence-electron chi connectivity index (χ2n) is 5.55. The average molecular weight is 360 g/mol. The first-order chi connectivity index (χ1) is 12.6. The molecule has 0 spiro atoms. The standard InChI is InChI=1S/C20H24O6/c1-4-14-6-5-7-16-15(8-9-18(21)22)12-17(25-11-10-23-2)20(19(14)16)26-13-24-3/h5-9,12H,4,10-11,13H2,1-3H3,(H,21,22)/b9-8+. The van der Waals surface area contributed by atoms with E-state index in [1.54, 1.807) is 26.4 Å². The van der Waals surface area contributed by atoms with Gasteiger partial charge in [0.2, 0.25) is 0 Å². The topological polar surface area (TPSA) is 74.2 Å². The molecule has 140 valence electrons. The van der Waals surface area contributed by atoms with Gasteiger partial charge in [0.25, 0.3) is 0 Å². The number of rotatable bonds is 10. The summed E-state index contributed by atoms with van der Waals surface area (Å²) in [6.07, 6.45) is 3.47. The van der Waals surface area contributed by atoms with E-state index < -0.39 is 5.97 Å². The lowest BCUT2D eigenvalue weighted by Gasteiger charge is -2.18. The van der Waals surface area contributed by atoms with E-state index in [1.807, 2.05) is 18.2 Å². The average Bonchev–Trinajstić information content (AvgIpc) is 2.64. The molecule has 0 saturated heterocycles. The van der Waals surface area contributed by atoms with Gasteiger partial charge in [-0.15, -0.1) is 0 Å². The smallest absolute Gasteiger partial charge is 0.328 e. The number of aryl methyl sites for hydroxylation is 1. The van der Waals surface area contributed by atoms with Gasteiger partial charge in [-0.2, -0.15) is 0 Å². The summed E-state index contributed by atoms with van der Waals surface area (Å²) in [4.78, 5) is 11.0. The summed E-state index contributed by atoms with van der Waals surface area (Å²) in [6, 6.07) is 7.69. The molecule has 2 aromatic carbocycles. The van der Waals surface area contributed by atoms with Crippen LogP contribution in [0.1, 0.15) is 18.1 Å². The third-order valence-electron chi connectivity index (χ3n) is 3.85. The van der Waals surface area contributed by atoms with Crippen LogP contribution in [0.3, 0.4) is 0 Å². The summed E-state index contributed by atoms with van der Waals surface area (Å²) in [5.74, 6) is 0.103. The minimum Gasteiger partial charge on any atom is -0.487 e. The number of benzene rings is 2. The number of fused-ring (bicyclic) bond motifs is 1. The van der Waals surface area contributed by atoms with E-state index in [-0.39, 0.29) is 6.79 Å². The third-order valence-corrected chi connectivity index (χ3v) is 3.85. The maximum absolute atomic E-state index is 11.0. The van der Waals surface area contributed by atoms with Crippen molar-refractivity contribution < 1.29 is 28.8 Å². The van der Waals surface area contributed by atoms with Gasteiger partial charge in [-0.05, 0) is 35.1 Å². The van der Waals surface area contributed by atoms with Gasteiger partial charge < -0.3 is 24.1 Å². The summed E-state index contributed by atoms with van der Waals surface area (Å²) in [6.45, 7) is 2.91. The Bertz CT molecular complexity index is 781. The highest BCUT2D eigenvalue weighted by atomic mass is 16.7. The largest absolute Gasteiger partial charge is 0.487 e. The molecule has 0 atom stereocenters. The predicted octanol–water partition coefficient (Wildman–Crippen LogP) is 3.51. The van der Waals surface area contributed by atoms with Crippen molar-refractivity contribution in [3.05, 3.63) is 41.5 Å². The SMILES string of the molecule is CCc1cccc2c(/C=C/C(=O)O)cc(OCCOC)c(OCOC)c12. The van der Waals surface area contributed by atoms with Crippen LogP contribution >= 0.6 is 0 Å². The molecule has 26 heavy (non-hydrogen) atoms. The van der Waals surface area contributed by atoms with Crippen LogP contribution in [-0.2, 0) is 20.7 Å². The summed E-state index contributed by atoms with van der Waals surface area (Å²) >= 11 is 0. The molecule has 2 aromatic rings. The van der Waals surface area contributed by atoms with Crippen LogP contribution in [0, 0.1) is 0 Å². The molecule has 0 radical (unpaired) electrons. The molecular weight excluding hydrogens is 336 g/mol. The van der Waals surface area contributed by atoms with Crippen molar-refractivity contribution in [1.82, 2.24) is 0 Å². The van der Waals surface area contributed by atoms with E-state index >= 15 is 0 Å². The van der Waals surface area contributed by atoms with E-state index in [0.717, 1.165) is 34.4 Å². The normalized spacial score (nSPS) is 11.2. The molecule has 0 saturated carbocycles. The summed E-state index contributed by atoms with van der Waals surface area (Å²) in [5.41, 5.74) is 1.82. The molecule has 0 fully saturated rings. The Morgan fingerprint density at radius 3 is 2.62 bits per heavy atom. The van der Waals surface area contributed by atoms with Crippen molar-refractivity contribution in [3.63, 3.8) is 0 Å². The molecule has 1 N–H and O–H groups in total. The van der Waals surface area contributed by atoms with Crippen LogP contribution < -0.4 is 9.47 Å². The van der Waals surface area contributed by atoms with Crippen molar-refractivity contribution in [3.8, 4) is 11.5 Å². The van der Waals surface area contributed by atoms with Crippen LogP contribution in [0.2, 0.25) is 0 Å². The van der Waals surface area contributed by atoms with Gasteiger partial charge in [-0.3, -0.25) is 0 Å². The highest BCUT2D eigenvalue weighted by molar-refractivity contribution is 6.00. The van der Waals surface area contributed by atoms with E-state index in [1.165, 1.54) is 0 Å². The highest BCUT2D eigenvalue weighted by Crippen LogP contribution is 2.41. The number of carboxylic acids is 1. The van der Waals surface area contributed by atoms with Crippen molar-refractivity contribution in [2.45, 2.75) is 13.3 Å². The summed E-state index contributed by atoms with van der Waals surface area (Å²) in [5, 5.41) is 10.8. The van der Waals surface area contributed by atoms with Crippen LogP contribution in [0.5, 0.6) is 11.5 Å². The molecule has 0 aliphatic carbocycles. The Morgan fingerprint density at radius 2 is 1.96 bits per heavy atom. The molecule has 0 bridgehead atoms. The summed E-state index contributed by atoms with van der Waals surface area (Å²) in [7, 11) is 3.15. The Labute approximate surface area is 152 Å². The molecule has 0 amide bonds. The van der Waals surface area contributed by atoms with Crippen molar-refractivity contribution in [1.29, 1.82) is 0 Å². The van der Waals surface area contributed by atoms with Gasteiger partial charge in [0.15, 0.2) is 18.3 Å². The fraction of sp³-hybridized carbons (Fsp3) is 0.350. The van der Waals surface area contributed by atoms with Crippen LogP contribution in [0.4, 0.5) is 0 Å². The van der Waals surface area contributed by atoms with Gasteiger partial charge in [0.05, 0.1) is 6.61 Å². The van der Waals surface area contributed by atoms with Gasteiger partial charge >= 0.3 is 5.97 Å². The first-order valence-electron chi connectivity index (χ1n) is 8.35. The summed E-state index contributed by atoms with van der Waals surface area (Å²) < 4.78 is 21.8. The molecule has 0 aromatic heterocycles. The number of ether oxygens (including phenoxy) is 4. The zero-order chi connectivity index (χ0) is 18.9. The van der Waals surface area contributed by atoms with E-state index in [9.17, 15) is 4.79 Å². The Kier molecular flexibility index (Phi) is 7.44. The van der Waals surface area contributed by atoms with Gasteiger partial charge in [-0.1, -0.05) is 25.1 Å². The zero-order valence-corrected chi connectivity index (χ0v) is 15.3. The maximum atomic E-state index is 11.0. The predicted molar refractivity (Wildman–Crippen MR) is 99.9 cm³/mol. The lowest BCUT2D eigenvalue weighted by molar-refractivity contribution is -0.131. The molecule has 6 nitrogen and oxygen atoms in total. The quantitative estimate of drug-likeness (QED) is 0.397. The van der Waals surface area contributed by atoms with Gasteiger partial charge in [0, 0.05) is 25.7 Å². The maximum Gasteiger partial charge on any atom is 0.328 e. The monoisotopic (exact) mass is 360 g/mol. The number of carboxylic acid groups (broad SMARTS) is 1. The third kappa shape index (κ3) is 4.74. The molecule has 0 aliphatic rings. The van der Waals surface area contributed by atoms with E-state index in [0.29, 0.717) is 24.7 Å². The fourth-order valence-corrected chi connectivity index (χ4v) is 2.71. The Hall–Kier alpha value is -2.57. The van der Waals surface area contributed by atoms with Crippen molar-refractivity contribution >= 4 is 22.8 Å². The second kappa shape index (κ2) is 9.79. The van der Waals surface area contributed by atoms with E-state index in [2.05, 4.69) is 6.92 Å². The molecule has 0 aliphatic heterocycles. The van der Waals surface area contributed by atoms with Crippen molar-refractivity contribution in [2.75, 3.05) is 34.2 Å². The Morgan fingerprint density at radius 1 is 1.15 bits per heavy atom. The minimum atomic E-state index is -1.01. The van der Waals surface area contributed by atoms with Crippen molar-refractivity contribution in [2.24, 2.45) is 0 Å². The van der Waals surface area contributed by atoms with Crippen LogP contribution in [-0.4, -0.2) is 45.3 Å². The highest BCUT2D eigenvalue weighted by Gasteiger charge is 2.17. The number of hydrogen-bond donors (Lipinski definition) is 1. The van der Waals surface area contributed by atoms with E-state index in [4.69, 9.17) is 24.1 Å². The fourth-order valence-electron chi connectivity index (χ4n) is 2.71.